The van der Waals surface area contributed by atoms with Gasteiger partial charge in [-0.1, -0.05) is 87.4 Å². The molecule has 1 aliphatic carbocycles. The third kappa shape index (κ3) is 4.96. The predicted octanol–water partition coefficient (Wildman–Crippen LogP) is 8.80. The van der Waals surface area contributed by atoms with Crippen LogP contribution in [0.5, 0.6) is 0 Å². The summed E-state index contributed by atoms with van der Waals surface area (Å²) in [7, 11) is 0. The Labute approximate surface area is 193 Å². The van der Waals surface area contributed by atoms with Gasteiger partial charge in [-0.15, -0.1) is 0 Å². The van der Waals surface area contributed by atoms with Gasteiger partial charge in [0.15, 0.2) is 0 Å². The van der Waals surface area contributed by atoms with Gasteiger partial charge in [0.25, 0.3) is 0 Å². The van der Waals surface area contributed by atoms with Gasteiger partial charge in [-0.25, -0.2) is 0 Å². The van der Waals surface area contributed by atoms with E-state index in [-0.39, 0.29) is 0 Å². The van der Waals surface area contributed by atoms with E-state index in [0.717, 1.165) is 12.1 Å². The molecule has 0 saturated heterocycles. The summed E-state index contributed by atoms with van der Waals surface area (Å²) >= 11 is 4.10. The molecule has 0 heterocycles. The molecule has 2 aromatic rings. The molecule has 1 aliphatic rings. The highest BCUT2D eigenvalue weighted by Gasteiger charge is 2.29. The number of fused-ring (bicyclic) bond motifs is 3. The van der Waals surface area contributed by atoms with Crippen molar-refractivity contribution < 1.29 is 0 Å². The molecule has 164 valence electrons. The average Bonchev–Trinajstić information content (AvgIpc) is 3.13. The van der Waals surface area contributed by atoms with Crippen molar-refractivity contribution in [2.75, 3.05) is 5.73 Å². The molecule has 0 aromatic heterocycles. The quantitative estimate of drug-likeness (QED) is 0.208. The number of anilines is 1. The van der Waals surface area contributed by atoms with Crippen LogP contribution < -0.4 is 5.73 Å². The predicted molar refractivity (Wildman–Crippen MR) is 136 cm³/mol. The Morgan fingerprint density at radius 3 is 1.90 bits per heavy atom. The Morgan fingerprint density at radius 2 is 1.30 bits per heavy atom. The van der Waals surface area contributed by atoms with Crippen LogP contribution in [0, 0.1) is 0 Å². The number of nitrogen functional groups attached to an aromatic ring is 1. The highest BCUT2D eigenvalue weighted by molar-refractivity contribution is 9.10. The lowest BCUT2D eigenvalue weighted by Gasteiger charge is -2.23. The summed E-state index contributed by atoms with van der Waals surface area (Å²) in [6.45, 7) is 6.91. The molecule has 2 heteroatoms. The second kappa shape index (κ2) is 11.4. The summed E-state index contributed by atoms with van der Waals surface area (Å²) in [6.07, 6.45) is 16.3. The number of benzene rings is 2. The van der Waals surface area contributed by atoms with Gasteiger partial charge in [-0.2, -0.15) is 0 Å². The van der Waals surface area contributed by atoms with E-state index in [1.807, 2.05) is 0 Å². The first-order valence-corrected chi connectivity index (χ1v) is 13.2. The smallest absolute Gasteiger partial charge is 0.0396 e. The monoisotopic (exact) mass is 469 g/mol. The molecule has 0 atom stereocenters. The molecular formula is C28H40BrN. The topological polar surface area (TPSA) is 26.0 Å². The van der Waals surface area contributed by atoms with Gasteiger partial charge in [0.1, 0.15) is 0 Å². The summed E-state index contributed by atoms with van der Waals surface area (Å²) < 4.78 is 1.38. The minimum atomic E-state index is 0.952. The fourth-order valence-electron chi connectivity index (χ4n) is 5.16. The molecule has 0 amide bonds. The first-order valence-electron chi connectivity index (χ1n) is 12.4. The van der Waals surface area contributed by atoms with E-state index in [9.17, 15) is 0 Å². The maximum absolute atomic E-state index is 6.55. The summed E-state index contributed by atoms with van der Waals surface area (Å²) in [4.78, 5) is 0. The van der Waals surface area contributed by atoms with Gasteiger partial charge >= 0.3 is 0 Å². The highest BCUT2D eigenvalue weighted by Crippen LogP contribution is 2.49. The lowest BCUT2D eigenvalue weighted by molar-refractivity contribution is 0.676. The van der Waals surface area contributed by atoms with E-state index in [1.165, 1.54) is 104 Å². The molecule has 30 heavy (non-hydrogen) atoms. The van der Waals surface area contributed by atoms with Crippen LogP contribution in [-0.2, 0) is 25.7 Å². The zero-order chi connectivity index (χ0) is 21.5. The maximum Gasteiger partial charge on any atom is 0.0396 e. The van der Waals surface area contributed by atoms with E-state index in [4.69, 9.17) is 5.73 Å². The van der Waals surface area contributed by atoms with Gasteiger partial charge < -0.3 is 5.73 Å². The SMILES string of the molecule is CCCCCc1c(Br)c2c(c(CCCCC)c1CCCCC)-c1c(N)cccc1C2. The zero-order valence-electron chi connectivity index (χ0n) is 19.4. The molecule has 0 fully saturated rings. The second-order valence-corrected chi connectivity index (χ2v) is 9.83. The Balaban J connectivity index is 2.16. The summed E-state index contributed by atoms with van der Waals surface area (Å²) in [5.41, 5.74) is 18.1. The van der Waals surface area contributed by atoms with Gasteiger partial charge in [-0.3, -0.25) is 0 Å². The Hall–Kier alpha value is -1.28. The van der Waals surface area contributed by atoms with E-state index < -0.39 is 0 Å². The molecule has 0 unspecified atom stereocenters. The van der Waals surface area contributed by atoms with Crippen LogP contribution in [0.1, 0.15) is 106 Å². The van der Waals surface area contributed by atoms with Crippen molar-refractivity contribution in [1.29, 1.82) is 0 Å². The lowest BCUT2D eigenvalue weighted by atomic mass is 9.84. The first-order chi connectivity index (χ1) is 14.6. The summed E-state index contributed by atoms with van der Waals surface area (Å²) in [5, 5.41) is 0. The fraction of sp³-hybridized carbons (Fsp3) is 0.571. The molecule has 0 radical (unpaired) electrons. The largest absolute Gasteiger partial charge is 0.398 e. The minimum Gasteiger partial charge on any atom is -0.398 e. The van der Waals surface area contributed by atoms with E-state index in [2.05, 4.69) is 54.9 Å². The maximum atomic E-state index is 6.55. The number of unbranched alkanes of at least 4 members (excludes halogenated alkanes) is 6. The fourth-order valence-corrected chi connectivity index (χ4v) is 5.94. The summed E-state index contributed by atoms with van der Waals surface area (Å²) in [5.74, 6) is 0. The van der Waals surface area contributed by atoms with Crippen LogP contribution in [0.15, 0.2) is 22.7 Å². The molecule has 1 nitrogen and oxygen atoms in total. The van der Waals surface area contributed by atoms with Gasteiger partial charge in [0.05, 0.1) is 0 Å². The van der Waals surface area contributed by atoms with Crippen molar-refractivity contribution in [3.05, 3.63) is 50.5 Å². The van der Waals surface area contributed by atoms with Crippen molar-refractivity contribution in [3.63, 3.8) is 0 Å². The molecule has 0 aliphatic heterocycles. The number of hydrogen-bond donors (Lipinski definition) is 1. The lowest BCUT2D eigenvalue weighted by Crippen LogP contribution is -2.08. The van der Waals surface area contributed by atoms with Crippen molar-refractivity contribution >= 4 is 21.6 Å². The number of hydrogen-bond acceptors (Lipinski definition) is 1. The normalized spacial score (nSPS) is 12.3. The van der Waals surface area contributed by atoms with Crippen molar-refractivity contribution in [3.8, 4) is 11.1 Å². The highest BCUT2D eigenvalue weighted by atomic mass is 79.9. The Bertz CT molecular complexity index is 852. The number of rotatable bonds is 12. The number of halogens is 1. The minimum absolute atomic E-state index is 0.952. The third-order valence-electron chi connectivity index (χ3n) is 6.75. The van der Waals surface area contributed by atoms with E-state index >= 15 is 0 Å². The summed E-state index contributed by atoms with van der Waals surface area (Å²) in [6, 6.07) is 6.49. The number of nitrogens with two attached hydrogens (primary N) is 1. The van der Waals surface area contributed by atoms with Gasteiger partial charge in [0, 0.05) is 15.7 Å². The third-order valence-corrected chi connectivity index (χ3v) is 7.71. The average molecular weight is 471 g/mol. The molecule has 2 aromatic carbocycles. The Kier molecular flexibility index (Phi) is 8.86. The van der Waals surface area contributed by atoms with Crippen LogP contribution in [0.2, 0.25) is 0 Å². The van der Waals surface area contributed by atoms with E-state index in [1.54, 1.807) is 16.7 Å². The standard InChI is InChI=1S/C28H40BrN/c1-4-7-10-15-21-22(16-11-8-5-2)27-24(28(29)23(21)17-12-9-6-3)19-20-14-13-18-25(30)26(20)27/h13-14,18H,4-12,15-17,19,30H2,1-3H3. The second-order valence-electron chi connectivity index (χ2n) is 9.03. The van der Waals surface area contributed by atoms with Crippen molar-refractivity contribution in [2.45, 2.75) is 104 Å². The molecule has 3 rings (SSSR count). The van der Waals surface area contributed by atoms with Crippen LogP contribution in [0.25, 0.3) is 11.1 Å². The van der Waals surface area contributed by atoms with Crippen LogP contribution in [0.3, 0.4) is 0 Å². The molecule has 0 saturated carbocycles. The van der Waals surface area contributed by atoms with Crippen LogP contribution >= 0.6 is 15.9 Å². The van der Waals surface area contributed by atoms with Crippen LogP contribution in [0.4, 0.5) is 5.69 Å². The zero-order valence-corrected chi connectivity index (χ0v) is 21.0. The first kappa shape index (κ1) is 23.4. The van der Waals surface area contributed by atoms with Crippen molar-refractivity contribution in [1.82, 2.24) is 0 Å². The molecule has 2 N–H and O–H groups in total. The van der Waals surface area contributed by atoms with Gasteiger partial charge in [0.2, 0.25) is 0 Å². The molecule has 0 spiro atoms. The molecular weight excluding hydrogens is 430 g/mol. The molecule has 0 bridgehead atoms. The van der Waals surface area contributed by atoms with Crippen LogP contribution in [-0.4, -0.2) is 0 Å². The van der Waals surface area contributed by atoms with E-state index in [0.29, 0.717) is 0 Å². The van der Waals surface area contributed by atoms with Gasteiger partial charge in [-0.05, 0) is 84.4 Å². The Morgan fingerprint density at radius 1 is 0.733 bits per heavy atom. The van der Waals surface area contributed by atoms with Crippen molar-refractivity contribution in [2.24, 2.45) is 0 Å².